The molecule has 0 bridgehead atoms. The third-order valence-electron chi connectivity index (χ3n) is 5.66. The molecule has 0 spiro atoms. The number of hydrogen-bond donors (Lipinski definition) is 0. The monoisotopic (exact) mass is 524 g/mol. The standard InChI is InChI=1S/C18H15P.C15H15ClO2/c1-4-10-16(11-5-1)19(17-12-6-2-7-13-17)18-14-8-3-9-15-18;1-17-15-9-13(10-16)7-8-14(15)18-11-12-5-3-2-4-6-12/h1-15H;2-9H,10-11H2,1H3. The van der Waals surface area contributed by atoms with Gasteiger partial charge < -0.3 is 9.47 Å². The number of benzene rings is 5. The van der Waals surface area contributed by atoms with Crippen LogP contribution in [-0.2, 0) is 12.5 Å². The summed E-state index contributed by atoms with van der Waals surface area (Å²) in [6, 6.07) is 48.1. The van der Waals surface area contributed by atoms with Crippen LogP contribution < -0.4 is 25.4 Å². The molecule has 5 aromatic carbocycles. The van der Waals surface area contributed by atoms with Crippen LogP contribution in [0.4, 0.5) is 0 Å². The van der Waals surface area contributed by atoms with Gasteiger partial charge in [-0.15, -0.1) is 11.6 Å². The molecular weight excluding hydrogens is 495 g/mol. The molecule has 0 radical (unpaired) electrons. The van der Waals surface area contributed by atoms with Gasteiger partial charge in [0.15, 0.2) is 11.5 Å². The molecule has 0 atom stereocenters. The van der Waals surface area contributed by atoms with Crippen molar-refractivity contribution in [2.45, 2.75) is 12.5 Å². The molecule has 0 aliphatic carbocycles. The minimum Gasteiger partial charge on any atom is -0.493 e. The van der Waals surface area contributed by atoms with Crippen molar-refractivity contribution in [1.82, 2.24) is 0 Å². The summed E-state index contributed by atoms with van der Waals surface area (Å²) in [4.78, 5) is 0. The Morgan fingerprint density at radius 1 is 0.541 bits per heavy atom. The van der Waals surface area contributed by atoms with Gasteiger partial charge in [0.05, 0.1) is 7.11 Å². The third kappa shape index (κ3) is 7.70. The fourth-order valence-electron chi connectivity index (χ4n) is 3.83. The SMILES string of the molecule is COc1cc(CCl)ccc1OCc1ccccc1.c1ccc(P(c2ccccc2)c2ccccc2)cc1. The summed E-state index contributed by atoms with van der Waals surface area (Å²) in [5.74, 6) is 1.91. The number of rotatable bonds is 8. The predicted octanol–water partition coefficient (Wildman–Crippen LogP) is 7.46. The number of halogens is 1. The van der Waals surface area contributed by atoms with Crippen LogP contribution in [0.2, 0.25) is 0 Å². The van der Waals surface area contributed by atoms with E-state index in [1.54, 1.807) is 7.11 Å². The van der Waals surface area contributed by atoms with E-state index in [0.717, 1.165) is 16.9 Å². The molecule has 5 rings (SSSR count). The lowest BCUT2D eigenvalue weighted by atomic mass is 10.2. The van der Waals surface area contributed by atoms with Crippen molar-refractivity contribution in [3.63, 3.8) is 0 Å². The molecule has 186 valence electrons. The minimum atomic E-state index is -0.446. The van der Waals surface area contributed by atoms with Crippen LogP contribution in [-0.4, -0.2) is 7.11 Å². The van der Waals surface area contributed by atoms with Crippen molar-refractivity contribution in [3.8, 4) is 11.5 Å². The highest BCUT2D eigenvalue weighted by Gasteiger charge is 2.15. The molecule has 37 heavy (non-hydrogen) atoms. The predicted molar refractivity (Wildman–Crippen MR) is 158 cm³/mol. The maximum Gasteiger partial charge on any atom is 0.161 e. The Bertz CT molecular complexity index is 1240. The van der Waals surface area contributed by atoms with E-state index in [1.165, 1.54) is 15.9 Å². The van der Waals surface area contributed by atoms with E-state index in [1.807, 2.05) is 48.5 Å². The first-order valence-electron chi connectivity index (χ1n) is 12.1. The Morgan fingerprint density at radius 3 is 1.43 bits per heavy atom. The molecule has 0 heterocycles. The van der Waals surface area contributed by atoms with Crippen LogP contribution in [0.1, 0.15) is 11.1 Å². The smallest absolute Gasteiger partial charge is 0.161 e. The molecule has 0 aromatic heterocycles. The van der Waals surface area contributed by atoms with Crippen LogP contribution in [0.5, 0.6) is 11.5 Å². The molecule has 0 saturated carbocycles. The van der Waals surface area contributed by atoms with Gasteiger partial charge in [-0.2, -0.15) is 0 Å². The summed E-state index contributed by atoms with van der Waals surface area (Å²) < 4.78 is 11.0. The van der Waals surface area contributed by atoms with E-state index >= 15 is 0 Å². The van der Waals surface area contributed by atoms with E-state index in [0.29, 0.717) is 18.2 Å². The molecule has 0 saturated heterocycles. The zero-order chi connectivity index (χ0) is 25.7. The first-order valence-corrected chi connectivity index (χ1v) is 14.0. The largest absolute Gasteiger partial charge is 0.493 e. The summed E-state index contributed by atoms with van der Waals surface area (Å²) >= 11 is 5.78. The summed E-state index contributed by atoms with van der Waals surface area (Å²) in [7, 11) is 1.18. The van der Waals surface area contributed by atoms with Gasteiger partial charge in [0.2, 0.25) is 0 Å². The number of methoxy groups -OCH3 is 1. The first-order chi connectivity index (χ1) is 18.3. The lowest BCUT2D eigenvalue weighted by molar-refractivity contribution is 0.284. The summed E-state index contributed by atoms with van der Waals surface area (Å²) in [6.45, 7) is 0.525. The second kappa shape index (κ2) is 14.2. The Balaban J connectivity index is 0.000000173. The Kier molecular flexibility index (Phi) is 10.2. The summed E-state index contributed by atoms with van der Waals surface area (Å²) in [6.07, 6.45) is 0. The van der Waals surface area contributed by atoms with Gasteiger partial charge >= 0.3 is 0 Å². The molecule has 0 amide bonds. The Morgan fingerprint density at radius 2 is 1.00 bits per heavy atom. The Hall–Kier alpha value is -3.58. The average molecular weight is 525 g/mol. The molecule has 4 heteroatoms. The average Bonchev–Trinajstić information content (AvgIpc) is 2.99. The van der Waals surface area contributed by atoms with Crippen LogP contribution in [0.25, 0.3) is 0 Å². The summed E-state index contributed by atoms with van der Waals surface area (Å²) in [5, 5.41) is 4.19. The van der Waals surface area contributed by atoms with Crippen molar-refractivity contribution in [2.75, 3.05) is 7.11 Å². The highest BCUT2D eigenvalue weighted by Crippen LogP contribution is 2.32. The van der Waals surface area contributed by atoms with Gasteiger partial charge in [-0.25, -0.2) is 0 Å². The van der Waals surface area contributed by atoms with Crippen molar-refractivity contribution in [3.05, 3.63) is 151 Å². The van der Waals surface area contributed by atoms with Gasteiger partial charge in [0, 0.05) is 5.88 Å². The van der Waals surface area contributed by atoms with Crippen LogP contribution >= 0.6 is 19.5 Å². The zero-order valence-electron chi connectivity index (χ0n) is 20.8. The fraction of sp³-hybridized carbons (Fsp3) is 0.0909. The van der Waals surface area contributed by atoms with E-state index in [9.17, 15) is 0 Å². The van der Waals surface area contributed by atoms with Crippen LogP contribution in [0, 0.1) is 0 Å². The lowest BCUT2D eigenvalue weighted by Gasteiger charge is -2.18. The van der Waals surface area contributed by atoms with Crippen molar-refractivity contribution < 1.29 is 9.47 Å². The van der Waals surface area contributed by atoms with Crippen molar-refractivity contribution >= 4 is 35.4 Å². The first kappa shape index (κ1) is 26.5. The highest BCUT2D eigenvalue weighted by molar-refractivity contribution is 7.79. The molecule has 0 fully saturated rings. The number of hydrogen-bond acceptors (Lipinski definition) is 2. The second-order valence-electron chi connectivity index (χ2n) is 8.24. The normalized spacial score (nSPS) is 10.4. The van der Waals surface area contributed by atoms with E-state index in [4.69, 9.17) is 21.1 Å². The van der Waals surface area contributed by atoms with Gasteiger partial charge in [-0.3, -0.25) is 0 Å². The third-order valence-corrected chi connectivity index (χ3v) is 8.41. The van der Waals surface area contributed by atoms with Gasteiger partial charge in [-0.05, 0) is 47.1 Å². The number of ether oxygens (including phenoxy) is 2. The van der Waals surface area contributed by atoms with Crippen molar-refractivity contribution in [2.24, 2.45) is 0 Å². The minimum absolute atomic E-state index is 0.446. The molecule has 2 nitrogen and oxygen atoms in total. The van der Waals surface area contributed by atoms with Gasteiger partial charge in [0.25, 0.3) is 0 Å². The fourth-order valence-corrected chi connectivity index (χ4v) is 6.30. The number of alkyl halides is 1. The van der Waals surface area contributed by atoms with E-state index in [2.05, 4.69) is 91.0 Å². The van der Waals surface area contributed by atoms with E-state index in [-0.39, 0.29) is 0 Å². The molecule has 0 aliphatic heterocycles. The second-order valence-corrected chi connectivity index (χ2v) is 10.7. The maximum absolute atomic E-state index is 5.78. The van der Waals surface area contributed by atoms with E-state index < -0.39 is 7.92 Å². The zero-order valence-corrected chi connectivity index (χ0v) is 22.5. The highest BCUT2D eigenvalue weighted by atomic mass is 35.5. The van der Waals surface area contributed by atoms with Crippen molar-refractivity contribution in [1.29, 1.82) is 0 Å². The van der Waals surface area contributed by atoms with Crippen LogP contribution in [0.15, 0.2) is 140 Å². The molecule has 0 N–H and O–H groups in total. The quantitative estimate of drug-likeness (QED) is 0.155. The summed E-state index contributed by atoms with van der Waals surface area (Å²) in [5.41, 5.74) is 2.14. The molecular formula is C33H30ClO2P. The lowest BCUT2D eigenvalue weighted by Crippen LogP contribution is -2.20. The maximum atomic E-state index is 5.78. The molecule has 0 aliphatic rings. The Labute approximate surface area is 226 Å². The molecule has 0 unspecified atom stereocenters. The van der Waals surface area contributed by atoms with Gasteiger partial charge in [0.1, 0.15) is 6.61 Å². The molecule has 5 aromatic rings. The topological polar surface area (TPSA) is 18.5 Å². The van der Waals surface area contributed by atoms with Gasteiger partial charge in [-0.1, -0.05) is 127 Å². The van der Waals surface area contributed by atoms with Crippen LogP contribution in [0.3, 0.4) is 0 Å².